The highest BCUT2D eigenvalue weighted by Crippen LogP contribution is 2.36. The van der Waals surface area contributed by atoms with Crippen LogP contribution in [0.3, 0.4) is 0 Å². The second kappa shape index (κ2) is 7.48. The Balaban J connectivity index is 1.95. The Kier molecular flexibility index (Phi) is 5.63. The predicted molar refractivity (Wildman–Crippen MR) is 83.2 cm³/mol. The van der Waals surface area contributed by atoms with Crippen LogP contribution in [0.1, 0.15) is 11.1 Å². The van der Waals surface area contributed by atoms with Gasteiger partial charge in [0.2, 0.25) is 5.91 Å². The quantitative estimate of drug-likeness (QED) is 0.859. The molecule has 3 nitrogen and oxygen atoms in total. The van der Waals surface area contributed by atoms with Gasteiger partial charge in [0.15, 0.2) is 0 Å². The van der Waals surface area contributed by atoms with Crippen molar-refractivity contribution in [3.05, 3.63) is 64.7 Å². The summed E-state index contributed by atoms with van der Waals surface area (Å²) >= 11 is 5.59. The van der Waals surface area contributed by atoms with E-state index in [9.17, 15) is 18.0 Å². The first-order chi connectivity index (χ1) is 10.9. The van der Waals surface area contributed by atoms with Gasteiger partial charge in [-0.15, -0.1) is 0 Å². The summed E-state index contributed by atoms with van der Waals surface area (Å²) in [6.45, 7) is 0.343. The van der Waals surface area contributed by atoms with E-state index in [1.807, 2.05) is 30.3 Å². The maximum Gasteiger partial charge on any atom is 0.418 e. The topological polar surface area (TPSA) is 41.1 Å². The maximum atomic E-state index is 12.9. The van der Waals surface area contributed by atoms with E-state index in [1.165, 1.54) is 6.07 Å². The molecule has 0 atom stereocenters. The lowest BCUT2D eigenvalue weighted by Gasteiger charge is -2.14. The predicted octanol–water partition coefficient (Wildman–Crippen LogP) is 4.09. The Morgan fingerprint density at radius 3 is 2.43 bits per heavy atom. The maximum absolute atomic E-state index is 12.9. The number of hydrogen-bond acceptors (Lipinski definition) is 2. The second-order valence-corrected chi connectivity index (χ2v) is 5.26. The van der Waals surface area contributed by atoms with Gasteiger partial charge in [-0.3, -0.25) is 4.79 Å². The molecule has 2 aromatic rings. The molecule has 0 bridgehead atoms. The number of carbonyl (C=O) groups is 1. The molecule has 0 heterocycles. The zero-order valence-corrected chi connectivity index (χ0v) is 12.7. The van der Waals surface area contributed by atoms with Crippen LogP contribution in [-0.2, 0) is 17.5 Å². The molecule has 0 aromatic heterocycles. The van der Waals surface area contributed by atoms with E-state index in [0.717, 1.165) is 17.7 Å². The molecular weight excluding hydrogens is 329 g/mol. The third-order valence-corrected chi connectivity index (χ3v) is 3.25. The fourth-order valence-electron chi connectivity index (χ4n) is 1.97. The number of rotatable bonds is 5. The molecule has 7 heteroatoms. The number of benzene rings is 2. The van der Waals surface area contributed by atoms with Crippen LogP contribution in [0.5, 0.6) is 0 Å². The number of nitrogens with one attached hydrogen (secondary N) is 2. The second-order valence-electron chi connectivity index (χ2n) is 4.82. The van der Waals surface area contributed by atoms with Gasteiger partial charge in [-0.05, 0) is 23.8 Å². The minimum Gasteiger partial charge on any atom is -0.324 e. The van der Waals surface area contributed by atoms with Crippen LogP contribution < -0.4 is 10.6 Å². The standard InChI is InChI=1S/C16H14ClF3N2O/c17-12-6-7-14(13(8-12)16(18,19)20)22-15(23)10-21-9-11-4-2-1-3-5-11/h1-8,21H,9-10H2,(H,22,23). The van der Waals surface area contributed by atoms with Crippen LogP contribution >= 0.6 is 11.6 Å². The summed E-state index contributed by atoms with van der Waals surface area (Å²) in [6, 6.07) is 12.6. The van der Waals surface area contributed by atoms with E-state index < -0.39 is 17.6 Å². The molecule has 0 aliphatic carbocycles. The summed E-state index contributed by atoms with van der Waals surface area (Å²) in [7, 11) is 0. The number of amides is 1. The van der Waals surface area contributed by atoms with Crippen molar-refractivity contribution in [2.75, 3.05) is 11.9 Å². The van der Waals surface area contributed by atoms with Gasteiger partial charge >= 0.3 is 6.18 Å². The number of halogens is 4. The lowest BCUT2D eigenvalue weighted by molar-refractivity contribution is -0.137. The first-order valence-electron chi connectivity index (χ1n) is 6.77. The minimum absolute atomic E-state index is 0.0440. The van der Waals surface area contributed by atoms with Crippen LogP contribution in [0.4, 0.5) is 18.9 Å². The van der Waals surface area contributed by atoms with Crippen LogP contribution in [0.15, 0.2) is 48.5 Å². The zero-order valence-electron chi connectivity index (χ0n) is 12.0. The van der Waals surface area contributed by atoms with Gasteiger partial charge in [-0.25, -0.2) is 0 Å². The van der Waals surface area contributed by atoms with Crippen molar-refractivity contribution in [3.8, 4) is 0 Å². The average Bonchev–Trinajstić information content (AvgIpc) is 2.49. The molecule has 2 N–H and O–H groups in total. The molecule has 0 unspecified atom stereocenters. The monoisotopic (exact) mass is 342 g/mol. The Hall–Kier alpha value is -2.05. The van der Waals surface area contributed by atoms with Crippen molar-refractivity contribution in [2.45, 2.75) is 12.7 Å². The van der Waals surface area contributed by atoms with Crippen molar-refractivity contribution in [2.24, 2.45) is 0 Å². The highest BCUT2D eigenvalue weighted by atomic mass is 35.5. The molecule has 0 fully saturated rings. The smallest absolute Gasteiger partial charge is 0.324 e. The fourth-order valence-corrected chi connectivity index (χ4v) is 2.14. The summed E-state index contributed by atoms with van der Waals surface area (Å²) in [5.74, 6) is -0.561. The number of hydrogen-bond donors (Lipinski definition) is 2. The molecule has 0 aliphatic heterocycles. The molecule has 2 rings (SSSR count). The summed E-state index contributed by atoms with van der Waals surface area (Å²) < 4.78 is 38.8. The summed E-state index contributed by atoms with van der Waals surface area (Å²) in [6.07, 6.45) is -4.59. The summed E-state index contributed by atoms with van der Waals surface area (Å²) in [4.78, 5) is 11.8. The van der Waals surface area contributed by atoms with Crippen molar-refractivity contribution < 1.29 is 18.0 Å². The van der Waals surface area contributed by atoms with E-state index in [0.29, 0.717) is 6.54 Å². The minimum atomic E-state index is -4.59. The van der Waals surface area contributed by atoms with Crippen LogP contribution in [0.2, 0.25) is 5.02 Å². The molecule has 122 valence electrons. The Morgan fingerprint density at radius 2 is 1.78 bits per heavy atom. The van der Waals surface area contributed by atoms with Crippen LogP contribution in [-0.4, -0.2) is 12.5 Å². The van der Waals surface area contributed by atoms with Crippen LogP contribution in [0.25, 0.3) is 0 Å². The van der Waals surface area contributed by atoms with E-state index in [-0.39, 0.29) is 17.3 Å². The van der Waals surface area contributed by atoms with Gasteiger partial charge in [0, 0.05) is 11.6 Å². The first kappa shape index (κ1) is 17.3. The molecule has 0 saturated carbocycles. The first-order valence-corrected chi connectivity index (χ1v) is 7.15. The highest BCUT2D eigenvalue weighted by molar-refractivity contribution is 6.30. The van der Waals surface area contributed by atoms with Crippen molar-refractivity contribution in [3.63, 3.8) is 0 Å². The normalized spacial score (nSPS) is 11.3. The average molecular weight is 343 g/mol. The Labute approximate surface area is 136 Å². The zero-order chi connectivity index (χ0) is 16.9. The molecule has 23 heavy (non-hydrogen) atoms. The Morgan fingerprint density at radius 1 is 1.09 bits per heavy atom. The molecular formula is C16H14ClF3N2O. The van der Waals surface area contributed by atoms with E-state index in [1.54, 1.807) is 0 Å². The molecule has 0 aliphatic rings. The highest BCUT2D eigenvalue weighted by Gasteiger charge is 2.34. The third kappa shape index (κ3) is 5.26. The largest absolute Gasteiger partial charge is 0.418 e. The van der Waals surface area contributed by atoms with Crippen molar-refractivity contribution in [1.29, 1.82) is 0 Å². The lowest BCUT2D eigenvalue weighted by atomic mass is 10.1. The van der Waals surface area contributed by atoms with E-state index in [4.69, 9.17) is 11.6 Å². The molecule has 0 saturated heterocycles. The van der Waals surface area contributed by atoms with Crippen molar-refractivity contribution in [1.82, 2.24) is 5.32 Å². The van der Waals surface area contributed by atoms with Gasteiger partial charge in [0.25, 0.3) is 0 Å². The van der Waals surface area contributed by atoms with Gasteiger partial charge in [-0.1, -0.05) is 41.9 Å². The van der Waals surface area contributed by atoms with Gasteiger partial charge in [-0.2, -0.15) is 13.2 Å². The number of alkyl halides is 3. The lowest BCUT2D eigenvalue weighted by Crippen LogP contribution is -2.28. The van der Waals surface area contributed by atoms with E-state index in [2.05, 4.69) is 10.6 Å². The third-order valence-electron chi connectivity index (χ3n) is 3.02. The van der Waals surface area contributed by atoms with E-state index >= 15 is 0 Å². The molecule has 0 spiro atoms. The van der Waals surface area contributed by atoms with Gasteiger partial charge < -0.3 is 10.6 Å². The van der Waals surface area contributed by atoms with Crippen molar-refractivity contribution >= 4 is 23.2 Å². The van der Waals surface area contributed by atoms with Crippen LogP contribution in [0, 0.1) is 0 Å². The Bertz CT molecular complexity index is 675. The number of anilines is 1. The van der Waals surface area contributed by atoms with Gasteiger partial charge in [0.05, 0.1) is 17.8 Å². The summed E-state index contributed by atoms with van der Waals surface area (Å²) in [5, 5.41) is 5.08. The summed E-state index contributed by atoms with van der Waals surface area (Å²) in [5.41, 5.74) is -0.308. The molecule has 2 aromatic carbocycles. The number of carbonyl (C=O) groups excluding carboxylic acids is 1. The SMILES string of the molecule is O=C(CNCc1ccccc1)Nc1ccc(Cl)cc1C(F)(F)F. The molecule has 0 radical (unpaired) electrons. The fraction of sp³-hybridized carbons (Fsp3) is 0.188. The van der Waals surface area contributed by atoms with Gasteiger partial charge in [0.1, 0.15) is 0 Å². The molecule has 1 amide bonds.